The molecule has 0 spiro atoms. The lowest BCUT2D eigenvalue weighted by Gasteiger charge is -2.22. The maximum absolute atomic E-state index is 9.61. The van der Waals surface area contributed by atoms with E-state index in [1.54, 1.807) is 23.5 Å². The first-order valence-electron chi connectivity index (χ1n) is 7.30. The van der Waals surface area contributed by atoms with Crippen LogP contribution in [0.5, 0.6) is 5.75 Å². The van der Waals surface area contributed by atoms with E-state index in [0.717, 1.165) is 30.0 Å². The van der Waals surface area contributed by atoms with Crippen molar-refractivity contribution in [3.05, 3.63) is 34.8 Å². The zero-order valence-electron chi connectivity index (χ0n) is 11.7. The van der Waals surface area contributed by atoms with Crippen molar-refractivity contribution in [2.24, 2.45) is 0 Å². The number of phenols is 1. The maximum Gasteiger partial charge on any atom is 0.124 e. The van der Waals surface area contributed by atoms with Gasteiger partial charge in [0, 0.05) is 10.4 Å². The lowest BCUT2D eigenvalue weighted by Crippen LogP contribution is -2.25. The topological polar surface area (TPSA) is 45.1 Å². The fraction of sp³-hybridized carbons (Fsp3) is 0.438. The molecule has 0 saturated heterocycles. The molecular formula is C16H20N2OS. The Kier molecular flexibility index (Phi) is 4.03. The Labute approximate surface area is 123 Å². The molecule has 1 heterocycles. The minimum Gasteiger partial charge on any atom is -0.508 e. The molecule has 20 heavy (non-hydrogen) atoms. The summed E-state index contributed by atoms with van der Waals surface area (Å²) in [5.41, 5.74) is 2.24. The number of aromatic hydroxyl groups is 1. The Balaban J connectivity index is 1.91. The van der Waals surface area contributed by atoms with Gasteiger partial charge in [-0.05, 0) is 44.4 Å². The van der Waals surface area contributed by atoms with E-state index in [-0.39, 0.29) is 0 Å². The number of hydrogen-bond donors (Lipinski definition) is 2. The Bertz CT molecular complexity index is 594. The van der Waals surface area contributed by atoms with Crippen LogP contribution in [0.25, 0.3) is 10.6 Å². The summed E-state index contributed by atoms with van der Waals surface area (Å²) < 4.78 is 0. The van der Waals surface area contributed by atoms with Crippen molar-refractivity contribution in [2.45, 2.75) is 38.6 Å². The first-order valence-corrected chi connectivity index (χ1v) is 8.12. The smallest absolute Gasteiger partial charge is 0.124 e. The molecule has 2 aromatic rings. The quantitative estimate of drug-likeness (QED) is 0.897. The lowest BCUT2D eigenvalue weighted by atomic mass is 9.97. The summed E-state index contributed by atoms with van der Waals surface area (Å²) in [5, 5.41) is 14.2. The van der Waals surface area contributed by atoms with E-state index >= 15 is 0 Å². The van der Waals surface area contributed by atoms with Gasteiger partial charge in [-0.15, -0.1) is 11.3 Å². The normalized spacial score (nSPS) is 17.9. The summed E-state index contributed by atoms with van der Waals surface area (Å²) >= 11 is 1.77. The molecule has 1 atom stereocenters. The van der Waals surface area contributed by atoms with Gasteiger partial charge in [-0.3, -0.25) is 0 Å². The monoisotopic (exact) mass is 288 g/mol. The third kappa shape index (κ3) is 2.72. The van der Waals surface area contributed by atoms with E-state index in [1.807, 2.05) is 12.1 Å². The van der Waals surface area contributed by atoms with Crippen molar-refractivity contribution >= 4 is 11.3 Å². The molecule has 4 heteroatoms. The van der Waals surface area contributed by atoms with Gasteiger partial charge >= 0.3 is 0 Å². The molecule has 1 aromatic heterocycles. The molecule has 0 radical (unpaired) electrons. The second kappa shape index (κ2) is 5.94. The van der Waals surface area contributed by atoms with Crippen molar-refractivity contribution < 1.29 is 5.11 Å². The van der Waals surface area contributed by atoms with Gasteiger partial charge in [0.2, 0.25) is 0 Å². The lowest BCUT2D eigenvalue weighted by molar-refractivity contribution is 0.454. The van der Waals surface area contributed by atoms with Gasteiger partial charge in [-0.1, -0.05) is 19.1 Å². The third-order valence-electron chi connectivity index (χ3n) is 3.69. The Morgan fingerprint density at radius 1 is 1.45 bits per heavy atom. The number of phenolic OH excluding ortho intramolecular Hbond substituents is 1. The summed E-state index contributed by atoms with van der Waals surface area (Å²) in [4.78, 5) is 6.25. The average Bonchev–Trinajstić information content (AvgIpc) is 2.89. The van der Waals surface area contributed by atoms with Crippen LogP contribution in [0.15, 0.2) is 24.3 Å². The second-order valence-electron chi connectivity index (χ2n) is 5.28. The number of aromatic nitrogens is 1. The third-order valence-corrected chi connectivity index (χ3v) is 4.87. The highest BCUT2D eigenvalue weighted by Gasteiger charge is 2.24. The minimum absolute atomic E-state index is 0.302. The van der Waals surface area contributed by atoms with Gasteiger partial charge in [-0.2, -0.15) is 0 Å². The summed E-state index contributed by atoms with van der Waals surface area (Å²) in [6, 6.07) is 7.78. The number of thiazole rings is 1. The zero-order valence-corrected chi connectivity index (χ0v) is 12.5. The van der Waals surface area contributed by atoms with Gasteiger partial charge in [0.1, 0.15) is 10.8 Å². The molecule has 0 aliphatic heterocycles. The number of nitrogens with zero attached hydrogens (tertiary/aromatic N) is 1. The Morgan fingerprint density at radius 2 is 2.35 bits per heavy atom. The highest BCUT2D eigenvalue weighted by atomic mass is 32.1. The minimum atomic E-state index is 0.302. The molecule has 1 aliphatic carbocycles. The Morgan fingerprint density at radius 3 is 3.15 bits per heavy atom. The van der Waals surface area contributed by atoms with E-state index in [0.29, 0.717) is 11.8 Å². The van der Waals surface area contributed by atoms with Crippen LogP contribution < -0.4 is 5.32 Å². The fourth-order valence-electron chi connectivity index (χ4n) is 2.70. The van der Waals surface area contributed by atoms with Crippen LogP contribution in [0.2, 0.25) is 0 Å². The maximum atomic E-state index is 9.61. The Hall–Kier alpha value is -1.39. The van der Waals surface area contributed by atoms with E-state index in [1.165, 1.54) is 23.4 Å². The summed E-state index contributed by atoms with van der Waals surface area (Å²) in [5.74, 6) is 0.302. The van der Waals surface area contributed by atoms with Crippen LogP contribution in [-0.2, 0) is 6.42 Å². The molecule has 2 N–H and O–H groups in total. The first-order chi connectivity index (χ1) is 9.78. The van der Waals surface area contributed by atoms with E-state index in [2.05, 4.69) is 12.2 Å². The molecule has 1 aromatic carbocycles. The van der Waals surface area contributed by atoms with E-state index in [4.69, 9.17) is 4.98 Å². The molecule has 1 unspecified atom stereocenters. The van der Waals surface area contributed by atoms with Gasteiger partial charge in [0.15, 0.2) is 0 Å². The average molecular weight is 288 g/mol. The van der Waals surface area contributed by atoms with Gasteiger partial charge in [0.05, 0.1) is 11.7 Å². The molecule has 0 bridgehead atoms. The highest BCUT2D eigenvalue weighted by Crippen LogP contribution is 2.37. The van der Waals surface area contributed by atoms with Crippen LogP contribution in [-0.4, -0.2) is 16.6 Å². The van der Waals surface area contributed by atoms with Crippen molar-refractivity contribution in [2.75, 3.05) is 6.54 Å². The van der Waals surface area contributed by atoms with Crippen LogP contribution in [0.3, 0.4) is 0 Å². The van der Waals surface area contributed by atoms with Crippen molar-refractivity contribution in [3.8, 4) is 16.3 Å². The van der Waals surface area contributed by atoms with Crippen LogP contribution in [0.1, 0.15) is 42.8 Å². The predicted molar refractivity (Wildman–Crippen MR) is 83.2 cm³/mol. The van der Waals surface area contributed by atoms with E-state index in [9.17, 15) is 5.11 Å². The van der Waals surface area contributed by atoms with Gasteiger partial charge in [0.25, 0.3) is 0 Å². The molecule has 0 amide bonds. The number of fused-ring (bicyclic) bond motifs is 1. The van der Waals surface area contributed by atoms with Crippen LogP contribution in [0, 0.1) is 0 Å². The number of aryl methyl sites for hydroxylation is 1. The molecule has 3 rings (SSSR count). The summed E-state index contributed by atoms with van der Waals surface area (Å²) in [6.45, 7) is 3.24. The zero-order chi connectivity index (χ0) is 13.9. The molecule has 0 fully saturated rings. The number of nitrogens with one attached hydrogen (secondary N) is 1. The summed E-state index contributed by atoms with van der Waals surface area (Å²) in [6.07, 6.45) is 4.69. The molecule has 0 saturated carbocycles. The molecule has 106 valence electrons. The van der Waals surface area contributed by atoms with Crippen LogP contribution in [0.4, 0.5) is 0 Å². The van der Waals surface area contributed by atoms with E-state index < -0.39 is 0 Å². The highest BCUT2D eigenvalue weighted by molar-refractivity contribution is 7.15. The molecule has 3 nitrogen and oxygen atoms in total. The van der Waals surface area contributed by atoms with Crippen molar-refractivity contribution in [1.29, 1.82) is 0 Å². The van der Waals surface area contributed by atoms with Gasteiger partial charge < -0.3 is 10.4 Å². The van der Waals surface area contributed by atoms with Crippen molar-refractivity contribution in [1.82, 2.24) is 10.3 Å². The second-order valence-corrected chi connectivity index (χ2v) is 6.36. The predicted octanol–water partition coefficient (Wildman–Crippen LogP) is 3.89. The SMILES string of the molecule is CCCNC1CCCc2sc(-c3cccc(O)c3)nc21. The first kappa shape index (κ1) is 13.6. The molecule has 1 aliphatic rings. The van der Waals surface area contributed by atoms with Crippen LogP contribution >= 0.6 is 11.3 Å². The fourth-order valence-corrected chi connectivity index (χ4v) is 3.86. The van der Waals surface area contributed by atoms with Gasteiger partial charge in [-0.25, -0.2) is 4.98 Å². The number of rotatable bonds is 4. The largest absolute Gasteiger partial charge is 0.508 e. The van der Waals surface area contributed by atoms with Crippen molar-refractivity contribution in [3.63, 3.8) is 0 Å². The number of benzene rings is 1. The standard InChI is InChI=1S/C16H20N2OS/c1-2-9-17-13-7-4-8-14-15(13)18-16(20-14)11-5-3-6-12(19)10-11/h3,5-6,10,13,17,19H,2,4,7-9H2,1H3. The number of hydrogen-bond acceptors (Lipinski definition) is 4. The molecular weight excluding hydrogens is 268 g/mol. The summed E-state index contributed by atoms with van der Waals surface area (Å²) in [7, 11) is 0.